The van der Waals surface area contributed by atoms with Gasteiger partial charge in [0, 0.05) is 28.4 Å². The molecule has 2 heterocycles. The van der Waals surface area contributed by atoms with Crippen LogP contribution < -0.4 is 10.6 Å². The van der Waals surface area contributed by atoms with Crippen molar-refractivity contribution in [2.45, 2.75) is 13.8 Å². The van der Waals surface area contributed by atoms with Crippen LogP contribution in [0.5, 0.6) is 0 Å². The summed E-state index contributed by atoms with van der Waals surface area (Å²) >= 11 is 0. The summed E-state index contributed by atoms with van der Waals surface area (Å²) < 4.78 is 0. The minimum absolute atomic E-state index is 0.0144. The lowest BCUT2D eigenvalue weighted by Crippen LogP contribution is -2.27. The molecule has 2 heteroatoms. The second-order valence-corrected chi connectivity index (χ2v) is 4.98. The van der Waals surface area contributed by atoms with Gasteiger partial charge in [0.05, 0.1) is 10.9 Å². The van der Waals surface area contributed by atoms with Crippen molar-refractivity contribution in [3.8, 4) is 0 Å². The highest BCUT2D eigenvalue weighted by Crippen LogP contribution is 2.20. The Labute approximate surface area is 100 Å². The zero-order valence-electron chi connectivity index (χ0n) is 10.0. The van der Waals surface area contributed by atoms with Crippen LogP contribution in [0.1, 0.15) is 13.8 Å². The van der Waals surface area contributed by atoms with E-state index < -0.39 is 0 Å². The molecule has 0 bridgehead atoms. The average molecular weight is 222 g/mol. The number of nitrogens with zero attached hydrogens (tertiary/aromatic N) is 2. The van der Waals surface area contributed by atoms with E-state index in [-0.39, 0.29) is 5.41 Å². The predicted molar refractivity (Wildman–Crippen MR) is 69.9 cm³/mol. The third kappa shape index (κ3) is 1.76. The summed E-state index contributed by atoms with van der Waals surface area (Å²) in [4.78, 5) is 8.96. The third-order valence-electron chi connectivity index (χ3n) is 3.02. The van der Waals surface area contributed by atoms with Gasteiger partial charge in [0.25, 0.3) is 0 Å². The molecule has 0 saturated carbocycles. The lowest BCUT2D eigenvalue weighted by atomic mass is 9.92. The molecule has 0 amide bonds. The van der Waals surface area contributed by atoms with Crippen LogP contribution in [0.4, 0.5) is 0 Å². The number of rotatable bonds is 0. The second kappa shape index (κ2) is 3.52. The van der Waals surface area contributed by atoms with E-state index in [4.69, 9.17) is 0 Å². The summed E-state index contributed by atoms with van der Waals surface area (Å²) in [6.45, 7) is 4.35. The van der Waals surface area contributed by atoms with E-state index in [0.717, 1.165) is 21.5 Å². The Morgan fingerprint density at radius 3 is 2.88 bits per heavy atom. The first kappa shape index (κ1) is 10.2. The number of benzene rings is 1. The van der Waals surface area contributed by atoms with Crippen molar-refractivity contribution in [3.63, 3.8) is 0 Å². The zero-order chi connectivity index (χ0) is 11.9. The van der Waals surface area contributed by atoms with Gasteiger partial charge < -0.3 is 0 Å². The summed E-state index contributed by atoms with van der Waals surface area (Å²) in [5, 5.41) is 3.30. The van der Waals surface area contributed by atoms with Crippen LogP contribution in [0, 0.1) is 5.41 Å². The molecule has 0 N–H and O–H groups in total. The van der Waals surface area contributed by atoms with Crippen molar-refractivity contribution in [2.75, 3.05) is 0 Å². The average Bonchev–Trinajstić information content (AvgIpc) is 2.46. The quantitative estimate of drug-likeness (QED) is 0.670. The molecule has 2 aromatic rings. The summed E-state index contributed by atoms with van der Waals surface area (Å²) in [6, 6.07) is 8.18. The van der Waals surface area contributed by atoms with Crippen molar-refractivity contribution in [2.24, 2.45) is 10.4 Å². The minimum atomic E-state index is 0.0144. The van der Waals surface area contributed by atoms with E-state index in [1.54, 1.807) is 0 Å². The maximum absolute atomic E-state index is 4.48. The van der Waals surface area contributed by atoms with E-state index in [1.807, 2.05) is 18.5 Å². The maximum Gasteiger partial charge on any atom is 0.0793 e. The summed E-state index contributed by atoms with van der Waals surface area (Å²) in [5.74, 6) is 0. The van der Waals surface area contributed by atoms with Gasteiger partial charge in [-0.2, -0.15) is 0 Å². The predicted octanol–water partition coefficient (Wildman–Crippen LogP) is 2.19. The third-order valence-corrected chi connectivity index (χ3v) is 3.02. The Bertz CT molecular complexity index is 724. The van der Waals surface area contributed by atoms with E-state index in [9.17, 15) is 0 Å². The summed E-state index contributed by atoms with van der Waals surface area (Å²) in [7, 11) is 0. The lowest BCUT2D eigenvalue weighted by molar-refractivity contribution is 0.670. The van der Waals surface area contributed by atoms with E-state index >= 15 is 0 Å². The molecule has 17 heavy (non-hydrogen) atoms. The molecule has 0 atom stereocenters. The van der Waals surface area contributed by atoms with E-state index in [2.05, 4.69) is 54.2 Å². The Hall–Kier alpha value is -1.96. The minimum Gasteiger partial charge on any atom is -0.256 e. The number of hydrogen-bond acceptors (Lipinski definition) is 2. The fourth-order valence-corrected chi connectivity index (χ4v) is 2.14. The van der Waals surface area contributed by atoms with E-state index in [1.165, 1.54) is 0 Å². The van der Waals surface area contributed by atoms with Crippen molar-refractivity contribution in [3.05, 3.63) is 53.3 Å². The molecule has 3 rings (SSSR count). The fraction of sp³-hybridized carbons (Fsp3) is 0.200. The van der Waals surface area contributed by atoms with Crippen LogP contribution in [0.25, 0.3) is 17.0 Å². The van der Waals surface area contributed by atoms with Crippen molar-refractivity contribution in [1.29, 1.82) is 0 Å². The van der Waals surface area contributed by atoms with Crippen LogP contribution in [0.3, 0.4) is 0 Å². The first-order valence-electron chi connectivity index (χ1n) is 5.78. The molecule has 1 aliphatic heterocycles. The van der Waals surface area contributed by atoms with Crippen LogP contribution >= 0.6 is 0 Å². The Morgan fingerprint density at radius 1 is 1.12 bits per heavy atom. The molecule has 1 aliphatic rings. The first-order chi connectivity index (χ1) is 8.16. The Kier molecular flexibility index (Phi) is 2.11. The molecule has 84 valence electrons. The molecule has 0 saturated heterocycles. The van der Waals surface area contributed by atoms with Crippen LogP contribution in [0.2, 0.25) is 0 Å². The van der Waals surface area contributed by atoms with Crippen LogP contribution in [-0.4, -0.2) is 4.98 Å². The Morgan fingerprint density at radius 2 is 2.00 bits per heavy atom. The SMILES string of the molecule is CC1(C)C=CN=c2ccc3cccnc3c2=C1. The molecule has 2 nitrogen and oxygen atoms in total. The van der Waals surface area contributed by atoms with Gasteiger partial charge in [-0.1, -0.05) is 38.1 Å². The van der Waals surface area contributed by atoms with Gasteiger partial charge in [-0.25, -0.2) is 0 Å². The monoisotopic (exact) mass is 222 g/mol. The number of allylic oxidation sites excluding steroid dienone is 1. The molecule has 0 aliphatic carbocycles. The summed E-state index contributed by atoms with van der Waals surface area (Å²) in [5.41, 5.74) is 1.05. The zero-order valence-corrected chi connectivity index (χ0v) is 10.0. The van der Waals surface area contributed by atoms with Gasteiger partial charge in [-0.15, -0.1) is 0 Å². The van der Waals surface area contributed by atoms with Gasteiger partial charge in [-0.3, -0.25) is 9.98 Å². The molecule has 0 unspecified atom stereocenters. The molecule has 0 spiro atoms. The number of fused-ring (bicyclic) bond motifs is 3. The van der Waals surface area contributed by atoms with Crippen LogP contribution in [0.15, 0.2) is 47.7 Å². The summed E-state index contributed by atoms with van der Waals surface area (Å²) in [6.07, 6.45) is 8.07. The van der Waals surface area contributed by atoms with Gasteiger partial charge in [0.1, 0.15) is 0 Å². The standard InChI is InChI=1S/C15H14N2/c1-15(2)7-9-16-13-6-5-11-4-3-8-17-14(11)12(13)10-15/h3-10H,1-2H3. The van der Waals surface area contributed by atoms with Gasteiger partial charge >= 0.3 is 0 Å². The second-order valence-electron chi connectivity index (χ2n) is 4.98. The van der Waals surface area contributed by atoms with Gasteiger partial charge in [0.2, 0.25) is 0 Å². The maximum atomic E-state index is 4.48. The van der Waals surface area contributed by atoms with Gasteiger partial charge in [-0.05, 0) is 12.1 Å². The molecular formula is C15H14N2. The van der Waals surface area contributed by atoms with Crippen molar-refractivity contribution in [1.82, 2.24) is 4.98 Å². The molecule has 1 aromatic heterocycles. The number of pyridine rings is 1. The Balaban J connectivity index is 2.53. The van der Waals surface area contributed by atoms with Crippen molar-refractivity contribution >= 4 is 17.0 Å². The number of aromatic nitrogens is 1. The smallest absolute Gasteiger partial charge is 0.0793 e. The van der Waals surface area contributed by atoms with Crippen LogP contribution in [-0.2, 0) is 0 Å². The van der Waals surface area contributed by atoms with Gasteiger partial charge in [0.15, 0.2) is 0 Å². The molecule has 0 fully saturated rings. The normalized spacial score (nSPS) is 16.8. The first-order valence-corrected chi connectivity index (χ1v) is 5.78. The van der Waals surface area contributed by atoms with E-state index in [0.29, 0.717) is 0 Å². The molecular weight excluding hydrogens is 208 g/mol. The number of hydrogen-bond donors (Lipinski definition) is 0. The highest BCUT2D eigenvalue weighted by atomic mass is 14.7. The molecule has 0 radical (unpaired) electrons. The van der Waals surface area contributed by atoms with Crippen molar-refractivity contribution < 1.29 is 0 Å². The lowest BCUT2D eigenvalue weighted by Gasteiger charge is -2.12. The molecule has 1 aromatic carbocycles. The highest BCUT2D eigenvalue weighted by Gasteiger charge is 2.12. The largest absolute Gasteiger partial charge is 0.256 e. The fourth-order valence-electron chi connectivity index (χ4n) is 2.14. The topological polar surface area (TPSA) is 25.2 Å². The highest BCUT2D eigenvalue weighted by molar-refractivity contribution is 5.79.